The van der Waals surface area contributed by atoms with Gasteiger partial charge in [-0.1, -0.05) is 26.7 Å². The number of rotatable bonds is 9. The maximum atomic E-state index is 5.81. The fraction of sp³-hybridized carbons (Fsp3) is 1.00. The normalized spacial score (nSPS) is 18.4. The van der Waals surface area contributed by atoms with E-state index in [0.717, 1.165) is 25.6 Å². The smallest absolute Gasteiger partial charge is 0.0696 e. The Labute approximate surface area is 88.4 Å². The molecule has 0 saturated heterocycles. The fourth-order valence-corrected chi connectivity index (χ4v) is 1.51. The lowest BCUT2D eigenvalue weighted by Crippen LogP contribution is -2.30. The van der Waals surface area contributed by atoms with Crippen LogP contribution in [0.4, 0.5) is 0 Å². The summed E-state index contributed by atoms with van der Waals surface area (Å²) < 4.78 is 5.81. The minimum absolute atomic E-state index is 0.437. The first-order valence-electron chi connectivity index (χ1n) is 6.21. The molecule has 0 bridgehead atoms. The van der Waals surface area contributed by atoms with Crippen LogP contribution in [0.1, 0.15) is 52.4 Å². The molecule has 1 fully saturated rings. The van der Waals surface area contributed by atoms with Gasteiger partial charge in [-0.05, 0) is 25.7 Å². The van der Waals surface area contributed by atoms with E-state index in [-0.39, 0.29) is 0 Å². The van der Waals surface area contributed by atoms with E-state index in [1.807, 2.05) is 0 Å². The molecule has 1 atom stereocenters. The van der Waals surface area contributed by atoms with Crippen molar-refractivity contribution in [1.82, 2.24) is 5.32 Å². The molecular weight excluding hydrogens is 174 g/mol. The van der Waals surface area contributed by atoms with Gasteiger partial charge in [0.05, 0.1) is 6.10 Å². The summed E-state index contributed by atoms with van der Waals surface area (Å²) in [4.78, 5) is 0. The maximum absolute atomic E-state index is 5.81. The molecule has 1 aliphatic rings. The molecule has 0 spiro atoms. The SMILES string of the molecule is CCCCCOC(CC)CNC1CC1. The fourth-order valence-electron chi connectivity index (χ4n) is 1.51. The first kappa shape index (κ1) is 12.0. The molecule has 0 aromatic rings. The third-order valence-corrected chi connectivity index (χ3v) is 2.77. The molecule has 84 valence electrons. The van der Waals surface area contributed by atoms with Crippen LogP contribution in [-0.2, 0) is 4.74 Å². The van der Waals surface area contributed by atoms with Crippen LogP contribution in [-0.4, -0.2) is 25.3 Å². The maximum Gasteiger partial charge on any atom is 0.0696 e. The Hall–Kier alpha value is -0.0800. The highest BCUT2D eigenvalue weighted by atomic mass is 16.5. The number of ether oxygens (including phenoxy) is 1. The summed E-state index contributed by atoms with van der Waals surface area (Å²) in [6.07, 6.45) is 8.10. The molecule has 1 saturated carbocycles. The molecule has 0 heterocycles. The summed E-state index contributed by atoms with van der Waals surface area (Å²) in [6, 6.07) is 0.809. The zero-order valence-electron chi connectivity index (χ0n) is 9.72. The Morgan fingerprint density at radius 3 is 2.64 bits per heavy atom. The van der Waals surface area contributed by atoms with Crippen molar-refractivity contribution in [2.24, 2.45) is 0 Å². The molecule has 14 heavy (non-hydrogen) atoms. The molecule has 0 radical (unpaired) electrons. The van der Waals surface area contributed by atoms with Gasteiger partial charge in [0.25, 0.3) is 0 Å². The van der Waals surface area contributed by atoms with Crippen molar-refractivity contribution in [2.45, 2.75) is 64.5 Å². The van der Waals surface area contributed by atoms with E-state index in [0.29, 0.717) is 6.10 Å². The van der Waals surface area contributed by atoms with Gasteiger partial charge in [-0.15, -0.1) is 0 Å². The van der Waals surface area contributed by atoms with E-state index in [4.69, 9.17) is 4.74 Å². The second-order valence-electron chi connectivity index (χ2n) is 4.29. The summed E-state index contributed by atoms with van der Waals surface area (Å²) in [5.41, 5.74) is 0. The predicted octanol–water partition coefficient (Wildman–Crippen LogP) is 2.72. The van der Waals surface area contributed by atoms with Gasteiger partial charge in [0.2, 0.25) is 0 Å². The Bertz CT molecular complexity index is 134. The van der Waals surface area contributed by atoms with Crippen molar-refractivity contribution in [1.29, 1.82) is 0 Å². The lowest BCUT2D eigenvalue weighted by molar-refractivity contribution is 0.0481. The average molecular weight is 199 g/mol. The summed E-state index contributed by atoms with van der Waals surface area (Å²) in [5, 5.41) is 3.52. The van der Waals surface area contributed by atoms with Gasteiger partial charge in [-0.2, -0.15) is 0 Å². The van der Waals surface area contributed by atoms with Gasteiger partial charge in [0.1, 0.15) is 0 Å². The Balaban J connectivity index is 1.93. The van der Waals surface area contributed by atoms with Crippen molar-refractivity contribution < 1.29 is 4.74 Å². The largest absolute Gasteiger partial charge is 0.377 e. The minimum Gasteiger partial charge on any atom is -0.377 e. The molecule has 1 N–H and O–H groups in total. The summed E-state index contributed by atoms with van der Waals surface area (Å²) in [5.74, 6) is 0. The van der Waals surface area contributed by atoms with E-state index in [9.17, 15) is 0 Å². The van der Waals surface area contributed by atoms with E-state index in [2.05, 4.69) is 19.2 Å². The predicted molar refractivity (Wildman–Crippen MR) is 60.6 cm³/mol. The lowest BCUT2D eigenvalue weighted by atomic mass is 10.2. The molecule has 1 rings (SSSR count). The highest BCUT2D eigenvalue weighted by molar-refractivity contribution is 4.81. The topological polar surface area (TPSA) is 21.3 Å². The zero-order chi connectivity index (χ0) is 10.2. The van der Waals surface area contributed by atoms with Crippen LogP contribution >= 0.6 is 0 Å². The monoisotopic (exact) mass is 199 g/mol. The highest BCUT2D eigenvalue weighted by Crippen LogP contribution is 2.18. The van der Waals surface area contributed by atoms with Crippen LogP contribution < -0.4 is 5.32 Å². The van der Waals surface area contributed by atoms with Crippen LogP contribution in [0.3, 0.4) is 0 Å². The van der Waals surface area contributed by atoms with Crippen molar-refractivity contribution in [3.05, 3.63) is 0 Å². The van der Waals surface area contributed by atoms with Crippen LogP contribution in [0.5, 0.6) is 0 Å². The number of unbranched alkanes of at least 4 members (excludes halogenated alkanes) is 2. The summed E-state index contributed by atoms with van der Waals surface area (Å²) in [7, 11) is 0. The Morgan fingerprint density at radius 1 is 1.29 bits per heavy atom. The highest BCUT2D eigenvalue weighted by Gasteiger charge is 2.21. The average Bonchev–Trinajstić information content (AvgIpc) is 3.01. The van der Waals surface area contributed by atoms with Crippen molar-refractivity contribution in [3.63, 3.8) is 0 Å². The van der Waals surface area contributed by atoms with Crippen molar-refractivity contribution in [3.8, 4) is 0 Å². The quantitative estimate of drug-likeness (QED) is 0.576. The number of hydrogen-bond donors (Lipinski definition) is 1. The van der Waals surface area contributed by atoms with E-state index in [1.165, 1.54) is 32.1 Å². The van der Waals surface area contributed by atoms with Crippen molar-refractivity contribution >= 4 is 0 Å². The van der Waals surface area contributed by atoms with Gasteiger partial charge in [0, 0.05) is 19.2 Å². The van der Waals surface area contributed by atoms with Crippen LogP contribution in [0.25, 0.3) is 0 Å². The molecular formula is C12H25NO. The van der Waals surface area contributed by atoms with Crippen LogP contribution in [0.15, 0.2) is 0 Å². The molecule has 2 heteroatoms. The second-order valence-corrected chi connectivity index (χ2v) is 4.29. The molecule has 2 nitrogen and oxygen atoms in total. The third kappa shape index (κ3) is 5.61. The molecule has 1 aliphatic carbocycles. The zero-order valence-corrected chi connectivity index (χ0v) is 9.72. The summed E-state index contributed by atoms with van der Waals surface area (Å²) >= 11 is 0. The van der Waals surface area contributed by atoms with Gasteiger partial charge < -0.3 is 10.1 Å². The van der Waals surface area contributed by atoms with Crippen molar-refractivity contribution in [2.75, 3.05) is 13.2 Å². The lowest BCUT2D eigenvalue weighted by Gasteiger charge is -2.16. The summed E-state index contributed by atoms with van der Waals surface area (Å²) in [6.45, 7) is 6.43. The van der Waals surface area contributed by atoms with Gasteiger partial charge in [-0.25, -0.2) is 0 Å². The third-order valence-electron chi connectivity index (χ3n) is 2.77. The Kier molecular flexibility index (Phi) is 6.20. The second kappa shape index (κ2) is 7.24. The van der Waals surface area contributed by atoms with E-state index in [1.54, 1.807) is 0 Å². The number of nitrogens with one attached hydrogen (secondary N) is 1. The first-order chi connectivity index (χ1) is 6.86. The standard InChI is InChI=1S/C12H25NO/c1-3-5-6-9-14-12(4-2)10-13-11-7-8-11/h11-13H,3-10H2,1-2H3. The molecule has 0 aliphatic heterocycles. The van der Waals surface area contributed by atoms with Gasteiger partial charge >= 0.3 is 0 Å². The minimum atomic E-state index is 0.437. The molecule has 1 unspecified atom stereocenters. The van der Waals surface area contributed by atoms with Crippen LogP contribution in [0, 0.1) is 0 Å². The first-order valence-corrected chi connectivity index (χ1v) is 6.21. The Morgan fingerprint density at radius 2 is 2.07 bits per heavy atom. The van der Waals surface area contributed by atoms with E-state index >= 15 is 0 Å². The number of hydrogen-bond acceptors (Lipinski definition) is 2. The van der Waals surface area contributed by atoms with Gasteiger partial charge in [-0.3, -0.25) is 0 Å². The van der Waals surface area contributed by atoms with Gasteiger partial charge in [0.15, 0.2) is 0 Å². The van der Waals surface area contributed by atoms with E-state index < -0.39 is 0 Å². The molecule has 0 aromatic heterocycles. The molecule has 0 aromatic carbocycles. The van der Waals surface area contributed by atoms with Crippen LogP contribution in [0.2, 0.25) is 0 Å². The molecule has 0 amide bonds.